The third-order valence-corrected chi connectivity index (χ3v) is 6.03. The van der Waals surface area contributed by atoms with E-state index in [0.29, 0.717) is 0 Å². The van der Waals surface area contributed by atoms with Crippen molar-refractivity contribution in [3.05, 3.63) is 0 Å². The Bertz CT molecular complexity index is 219. The molecule has 2 aliphatic rings. The lowest BCUT2D eigenvalue weighted by Gasteiger charge is -2.38. The van der Waals surface area contributed by atoms with Gasteiger partial charge in [0, 0.05) is 17.3 Å². The van der Waals surface area contributed by atoms with E-state index in [0.717, 1.165) is 29.2 Å². The molecule has 2 fully saturated rings. The molecule has 16 heavy (non-hydrogen) atoms. The Hall–Kier alpha value is 0.310. The highest BCUT2D eigenvalue weighted by atomic mass is 32.2. The van der Waals surface area contributed by atoms with Gasteiger partial charge in [0.15, 0.2) is 0 Å². The zero-order valence-electron chi connectivity index (χ0n) is 11.0. The summed E-state index contributed by atoms with van der Waals surface area (Å²) in [6.45, 7) is 7.24. The van der Waals surface area contributed by atoms with Gasteiger partial charge in [-0.2, -0.15) is 11.8 Å². The van der Waals surface area contributed by atoms with Crippen LogP contribution in [0.4, 0.5) is 0 Å². The molecule has 0 aromatic heterocycles. The van der Waals surface area contributed by atoms with Crippen molar-refractivity contribution in [3.8, 4) is 0 Å². The predicted octanol–water partition coefficient (Wildman–Crippen LogP) is 3.68. The average Bonchev–Trinajstić information content (AvgIpc) is 2.27. The molecule has 1 nitrogen and oxygen atoms in total. The van der Waals surface area contributed by atoms with Crippen LogP contribution in [0, 0.1) is 11.8 Å². The summed E-state index contributed by atoms with van der Waals surface area (Å²) in [6.07, 6.45) is 7.03. The molecule has 1 saturated carbocycles. The fourth-order valence-corrected chi connectivity index (χ4v) is 4.30. The van der Waals surface area contributed by atoms with E-state index in [4.69, 9.17) is 0 Å². The molecule has 0 aromatic rings. The first-order valence-corrected chi connectivity index (χ1v) is 8.09. The number of thioether (sulfide) groups is 1. The maximum absolute atomic E-state index is 3.94. The monoisotopic (exact) mass is 241 g/mol. The van der Waals surface area contributed by atoms with E-state index in [9.17, 15) is 0 Å². The van der Waals surface area contributed by atoms with Crippen molar-refractivity contribution in [1.29, 1.82) is 0 Å². The minimum atomic E-state index is 0.782. The number of rotatable bonds is 2. The fourth-order valence-electron chi connectivity index (χ4n) is 3.14. The minimum absolute atomic E-state index is 0.782. The number of hydrogen-bond donors (Lipinski definition) is 1. The van der Waals surface area contributed by atoms with Gasteiger partial charge in [0.2, 0.25) is 0 Å². The molecule has 5 unspecified atom stereocenters. The summed E-state index contributed by atoms with van der Waals surface area (Å²) in [4.78, 5) is 0. The largest absolute Gasteiger partial charge is 0.310 e. The molecule has 1 heterocycles. The van der Waals surface area contributed by atoms with Crippen LogP contribution >= 0.6 is 11.8 Å². The van der Waals surface area contributed by atoms with Crippen molar-refractivity contribution in [2.24, 2.45) is 11.8 Å². The molecule has 0 amide bonds. The lowest BCUT2D eigenvalue weighted by Crippen LogP contribution is -2.47. The van der Waals surface area contributed by atoms with Crippen molar-refractivity contribution in [3.63, 3.8) is 0 Å². The molecule has 1 saturated heterocycles. The second kappa shape index (κ2) is 5.77. The van der Waals surface area contributed by atoms with Crippen LogP contribution in [0.25, 0.3) is 0 Å². The maximum atomic E-state index is 3.94. The van der Waals surface area contributed by atoms with Gasteiger partial charge in [0.1, 0.15) is 0 Å². The predicted molar refractivity (Wildman–Crippen MR) is 74.0 cm³/mol. The third kappa shape index (κ3) is 3.16. The molecular weight excluding hydrogens is 214 g/mol. The van der Waals surface area contributed by atoms with Gasteiger partial charge in [-0.1, -0.05) is 20.8 Å². The van der Waals surface area contributed by atoms with Crippen LogP contribution in [-0.2, 0) is 0 Å². The Morgan fingerprint density at radius 2 is 1.81 bits per heavy atom. The second-order valence-corrected chi connectivity index (χ2v) is 7.44. The summed E-state index contributed by atoms with van der Waals surface area (Å²) < 4.78 is 0. The normalized spacial score (nSPS) is 45.6. The highest BCUT2D eigenvalue weighted by molar-refractivity contribution is 7.99. The van der Waals surface area contributed by atoms with E-state index in [2.05, 4.69) is 37.8 Å². The molecule has 1 aliphatic carbocycles. The van der Waals surface area contributed by atoms with Crippen LogP contribution in [0.3, 0.4) is 0 Å². The molecule has 1 N–H and O–H groups in total. The standard InChI is InChI=1S/C14H27NS/c1-10-6-7-13(9-11(10)2)15-14-5-4-8-16-12(14)3/h10-15H,4-9H2,1-3H3. The van der Waals surface area contributed by atoms with Gasteiger partial charge in [-0.25, -0.2) is 0 Å². The van der Waals surface area contributed by atoms with Crippen molar-refractivity contribution >= 4 is 11.8 Å². The van der Waals surface area contributed by atoms with E-state index < -0.39 is 0 Å². The van der Waals surface area contributed by atoms with Crippen molar-refractivity contribution in [2.45, 2.75) is 70.2 Å². The molecule has 2 heteroatoms. The molecule has 2 rings (SSSR count). The van der Waals surface area contributed by atoms with Crippen LogP contribution in [0.1, 0.15) is 52.9 Å². The fraction of sp³-hybridized carbons (Fsp3) is 1.00. The van der Waals surface area contributed by atoms with Crippen LogP contribution < -0.4 is 5.32 Å². The van der Waals surface area contributed by atoms with Gasteiger partial charge in [0.05, 0.1) is 0 Å². The Balaban J connectivity index is 1.80. The Labute approximate surface area is 105 Å². The van der Waals surface area contributed by atoms with Gasteiger partial charge in [-0.05, 0) is 49.7 Å². The zero-order chi connectivity index (χ0) is 11.5. The van der Waals surface area contributed by atoms with Gasteiger partial charge in [0.25, 0.3) is 0 Å². The summed E-state index contributed by atoms with van der Waals surface area (Å²) in [5, 5.41) is 4.76. The molecule has 5 atom stereocenters. The second-order valence-electron chi connectivity index (χ2n) is 5.96. The first-order chi connectivity index (χ1) is 7.66. The van der Waals surface area contributed by atoms with Crippen LogP contribution in [0.5, 0.6) is 0 Å². The van der Waals surface area contributed by atoms with Gasteiger partial charge in [-0.15, -0.1) is 0 Å². The lowest BCUT2D eigenvalue weighted by atomic mass is 9.79. The molecule has 0 radical (unpaired) electrons. The molecule has 0 aromatic carbocycles. The summed E-state index contributed by atoms with van der Waals surface area (Å²) >= 11 is 2.15. The van der Waals surface area contributed by atoms with Crippen LogP contribution in [0.15, 0.2) is 0 Å². The summed E-state index contributed by atoms with van der Waals surface area (Å²) in [5.41, 5.74) is 0. The first kappa shape index (κ1) is 12.8. The van der Waals surface area contributed by atoms with E-state index in [1.54, 1.807) is 0 Å². The SMILES string of the molecule is CC1CCC(NC2CCCSC2C)CC1C. The highest BCUT2D eigenvalue weighted by Crippen LogP contribution is 2.31. The van der Waals surface area contributed by atoms with Crippen molar-refractivity contribution < 1.29 is 0 Å². The van der Waals surface area contributed by atoms with E-state index >= 15 is 0 Å². The molecule has 0 bridgehead atoms. The van der Waals surface area contributed by atoms with E-state index in [1.807, 2.05) is 0 Å². The summed E-state index contributed by atoms with van der Waals surface area (Å²) in [5.74, 6) is 3.23. The minimum Gasteiger partial charge on any atom is -0.310 e. The zero-order valence-corrected chi connectivity index (χ0v) is 11.9. The molecule has 94 valence electrons. The maximum Gasteiger partial charge on any atom is 0.0186 e. The van der Waals surface area contributed by atoms with Crippen LogP contribution in [0.2, 0.25) is 0 Å². The Morgan fingerprint density at radius 1 is 1.00 bits per heavy atom. The topological polar surface area (TPSA) is 12.0 Å². The smallest absolute Gasteiger partial charge is 0.0186 e. The van der Waals surface area contributed by atoms with E-state index in [1.165, 1.54) is 37.9 Å². The lowest BCUT2D eigenvalue weighted by molar-refractivity contribution is 0.211. The average molecular weight is 241 g/mol. The van der Waals surface area contributed by atoms with Gasteiger partial charge in [-0.3, -0.25) is 0 Å². The molecule has 0 spiro atoms. The van der Waals surface area contributed by atoms with Crippen molar-refractivity contribution in [2.75, 3.05) is 5.75 Å². The quantitative estimate of drug-likeness (QED) is 0.791. The first-order valence-electron chi connectivity index (χ1n) is 7.04. The number of nitrogens with one attached hydrogen (secondary N) is 1. The van der Waals surface area contributed by atoms with Crippen LogP contribution in [-0.4, -0.2) is 23.1 Å². The Kier molecular flexibility index (Phi) is 4.60. The van der Waals surface area contributed by atoms with Crippen molar-refractivity contribution in [1.82, 2.24) is 5.32 Å². The van der Waals surface area contributed by atoms with Gasteiger partial charge < -0.3 is 5.32 Å². The third-order valence-electron chi connectivity index (χ3n) is 4.65. The number of hydrogen-bond acceptors (Lipinski definition) is 2. The molecular formula is C14H27NS. The molecule has 1 aliphatic heterocycles. The van der Waals surface area contributed by atoms with E-state index in [-0.39, 0.29) is 0 Å². The summed E-state index contributed by atoms with van der Waals surface area (Å²) in [7, 11) is 0. The highest BCUT2D eigenvalue weighted by Gasteiger charge is 2.28. The summed E-state index contributed by atoms with van der Waals surface area (Å²) in [6, 6.07) is 1.58. The Morgan fingerprint density at radius 3 is 2.50 bits per heavy atom. The van der Waals surface area contributed by atoms with Gasteiger partial charge >= 0.3 is 0 Å².